The SMILES string of the molecule is CCOC(C)C(=O)NC1CCN(C2CCCCC2O)CC1. The van der Waals surface area contributed by atoms with E-state index < -0.39 is 0 Å². The van der Waals surface area contributed by atoms with E-state index in [4.69, 9.17) is 4.74 Å². The molecule has 2 rings (SSSR count). The van der Waals surface area contributed by atoms with Gasteiger partial charge in [0, 0.05) is 31.8 Å². The molecule has 1 saturated heterocycles. The molecule has 1 aliphatic heterocycles. The fourth-order valence-electron chi connectivity index (χ4n) is 3.54. The van der Waals surface area contributed by atoms with Crippen molar-refractivity contribution in [1.29, 1.82) is 0 Å². The van der Waals surface area contributed by atoms with Crippen LogP contribution in [0.1, 0.15) is 52.4 Å². The van der Waals surface area contributed by atoms with Gasteiger partial charge in [0.15, 0.2) is 0 Å². The normalized spacial score (nSPS) is 30.0. The van der Waals surface area contributed by atoms with Crippen molar-refractivity contribution in [2.75, 3.05) is 19.7 Å². The maximum absolute atomic E-state index is 11.9. The van der Waals surface area contributed by atoms with E-state index in [1.165, 1.54) is 6.42 Å². The fraction of sp³-hybridized carbons (Fsp3) is 0.938. The van der Waals surface area contributed by atoms with Crippen LogP contribution in [0.25, 0.3) is 0 Å². The number of carbonyl (C=O) groups is 1. The first-order valence-electron chi connectivity index (χ1n) is 8.46. The van der Waals surface area contributed by atoms with Gasteiger partial charge in [0.1, 0.15) is 6.10 Å². The van der Waals surface area contributed by atoms with Crippen LogP contribution in [0.3, 0.4) is 0 Å². The van der Waals surface area contributed by atoms with Gasteiger partial charge in [0.25, 0.3) is 0 Å². The van der Waals surface area contributed by atoms with Gasteiger partial charge in [-0.1, -0.05) is 12.8 Å². The zero-order valence-electron chi connectivity index (χ0n) is 13.4. The molecule has 1 aliphatic carbocycles. The Morgan fingerprint density at radius 2 is 1.95 bits per heavy atom. The van der Waals surface area contributed by atoms with Crippen LogP contribution >= 0.6 is 0 Å². The zero-order chi connectivity index (χ0) is 15.2. The number of ether oxygens (including phenoxy) is 1. The van der Waals surface area contributed by atoms with Crippen molar-refractivity contribution in [2.45, 2.75) is 76.7 Å². The highest BCUT2D eigenvalue weighted by Crippen LogP contribution is 2.25. The molecule has 21 heavy (non-hydrogen) atoms. The van der Waals surface area contributed by atoms with E-state index in [0.29, 0.717) is 12.6 Å². The van der Waals surface area contributed by atoms with E-state index in [1.807, 2.05) is 6.92 Å². The molecule has 0 bridgehead atoms. The molecule has 3 atom stereocenters. The summed E-state index contributed by atoms with van der Waals surface area (Å²) in [5, 5.41) is 13.2. The molecule has 2 N–H and O–H groups in total. The Kier molecular flexibility index (Phi) is 6.45. The van der Waals surface area contributed by atoms with Crippen molar-refractivity contribution < 1.29 is 14.6 Å². The van der Waals surface area contributed by atoms with Crippen molar-refractivity contribution in [2.24, 2.45) is 0 Å². The topological polar surface area (TPSA) is 61.8 Å². The van der Waals surface area contributed by atoms with Gasteiger partial charge in [-0.25, -0.2) is 0 Å². The first kappa shape index (κ1) is 16.7. The number of piperidine rings is 1. The summed E-state index contributed by atoms with van der Waals surface area (Å²) >= 11 is 0. The Bertz CT molecular complexity index is 329. The van der Waals surface area contributed by atoms with E-state index in [0.717, 1.165) is 45.2 Å². The van der Waals surface area contributed by atoms with Gasteiger partial charge in [0.2, 0.25) is 5.91 Å². The lowest BCUT2D eigenvalue weighted by Crippen LogP contribution is -2.53. The van der Waals surface area contributed by atoms with Crippen molar-refractivity contribution in [3.05, 3.63) is 0 Å². The summed E-state index contributed by atoms with van der Waals surface area (Å²) in [5.41, 5.74) is 0. The second-order valence-corrected chi connectivity index (χ2v) is 6.34. The average molecular weight is 298 g/mol. The van der Waals surface area contributed by atoms with Crippen molar-refractivity contribution in [3.8, 4) is 0 Å². The minimum Gasteiger partial charge on any atom is -0.391 e. The first-order valence-corrected chi connectivity index (χ1v) is 8.46. The van der Waals surface area contributed by atoms with E-state index >= 15 is 0 Å². The molecule has 0 aromatic rings. The van der Waals surface area contributed by atoms with Crippen LogP contribution in [0.15, 0.2) is 0 Å². The van der Waals surface area contributed by atoms with Gasteiger partial charge < -0.3 is 15.2 Å². The zero-order valence-corrected chi connectivity index (χ0v) is 13.4. The Labute approximate surface area is 128 Å². The van der Waals surface area contributed by atoms with Crippen LogP contribution in [0.2, 0.25) is 0 Å². The third-order valence-corrected chi connectivity index (χ3v) is 4.82. The molecule has 0 aromatic carbocycles. The summed E-state index contributed by atoms with van der Waals surface area (Å²) in [5.74, 6) is -0.00648. The molecule has 0 radical (unpaired) electrons. The number of hydrogen-bond donors (Lipinski definition) is 2. The van der Waals surface area contributed by atoms with Gasteiger partial charge in [-0.15, -0.1) is 0 Å². The second-order valence-electron chi connectivity index (χ2n) is 6.34. The Hall–Kier alpha value is -0.650. The molecule has 122 valence electrons. The van der Waals surface area contributed by atoms with E-state index in [1.54, 1.807) is 6.92 Å². The lowest BCUT2D eigenvalue weighted by molar-refractivity contribution is -0.132. The minimum atomic E-state index is -0.367. The number of hydrogen-bond acceptors (Lipinski definition) is 4. The predicted octanol–water partition coefficient (Wildman–Crippen LogP) is 1.30. The minimum absolute atomic E-state index is 0.00648. The van der Waals surface area contributed by atoms with Gasteiger partial charge in [-0.2, -0.15) is 0 Å². The van der Waals surface area contributed by atoms with Gasteiger partial charge in [-0.3, -0.25) is 9.69 Å². The highest BCUT2D eigenvalue weighted by atomic mass is 16.5. The van der Waals surface area contributed by atoms with E-state index in [9.17, 15) is 9.90 Å². The Morgan fingerprint density at radius 3 is 2.57 bits per heavy atom. The molecule has 2 fully saturated rings. The number of rotatable bonds is 5. The Balaban J connectivity index is 1.74. The quantitative estimate of drug-likeness (QED) is 0.803. The van der Waals surface area contributed by atoms with Crippen molar-refractivity contribution >= 4 is 5.91 Å². The average Bonchev–Trinajstić information content (AvgIpc) is 2.49. The second kappa shape index (κ2) is 8.11. The largest absolute Gasteiger partial charge is 0.391 e. The molecule has 2 aliphatic rings. The van der Waals surface area contributed by atoms with E-state index in [-0.39, 0.29) is 24.2 Å². The summed E-state index contributed by atoms with van der Waals surface area (Å²) in [6.07, 6.45) is 5.83. The fourth-order valence-corrected chi connectivity index (χ4v) is 3.54. The number of aliphatic hydroxyl groups is 1. The van der Waals surface area contributed by atoms with E-state index in [2.05, 4.69) is 10.2 Å². The molecule has 5 nitrogen and oxygen atoms in total. The van der Waals surface area contributed by atoms with Crippen LogP contribution in [0.4, 0.5) is 0 Å². The number of nitrogens with one attached hydrogen (secondary N) is 1. The third-order valence-electron chi connectivity index (χ3n) is 4.82. The maximum atomic E-state index is 11.9. The summed E-state index contributed by atoms with van der Waals surface area (Å²) in [7, 11) is 0. The van der Waals surface area contributed by atoms with Gasteiger partial charge in [0.05, 0.1) is 6.10 Å². The number of carbonyl (C=O) groups excluding carboxylic acids is 1. The molecule has 0 aromatic heterocycles. The third kappa shape index (κ3) is 4.66. The number of likely N-dealkylation sites (tertiary alicyclic amines) is 1. The molecule has 0 spiro atoms. The number of aliphatic hydroxyl groups excluding tert-OH is 1. The van der Waals surface area contributed by atoms with Crippen molar-refractivity contribution in [3.63, 3.8) is 0 Å². The van der Waals surface area contributed by atoms with Crippen LogP contribution in [0, 0.1) is 0 Å². The molecule has 1 saturated carbocycles. The summed E-state index contributed by atoms with van der Waals surface area (Å²) in [6.45, 7) is 6.20. The first-order chi connectivity index (χ1) is 10.1. The molecule has 1 heterocycles. The van der Waals surface area contributed by atoms with Crippen LogP contribution < -0.4 is 5.32 Å². The predicted molar refractivity (Wildman–Crippen MR) is 82.1 cm³/mol. The van der Waals surface area contributed by atoms with Crippen LogP contribution in [-0.2, 0) is 9.53 Å². The molecule has 1 amide bonds. The molecule has 5 heteroatoms. The van der Waals surface area contributed by atoms with Gasteiger partial charge >= 0.3 is 0 Å². The molecular weight excluding hydrogens is 268 g/mol. The van der Waals surface area contributed by atoms with Crippen LogP contribution in [-0.4, -0.2) is 59.9 Å². The standard InChI is InChI=1S/C16H30N2O3/c1-3-21-12(2)16(20)17-13-8-10-18(11-9-13)14-6-4-5-7-15(14)19/h12-15,19H,3-11H2,1-2H3,(H,17,20). The molecular formula is C16H30N2O3. The molecule has 3 unspecified atom stereocenters. The summed E-state index contributed by atoms with van der Waals surface area (Å²) < 4.78 is 5.32. The smallest absolute Gasteiger partial charge is 0.249 e. The van der Waals surface area contributed by atoms with Crippen molar-refractivity contribution in [1.82, 2.24) is 10.2 Å². The lowest BCUT2D eigenvalue weighted by Gasteiger charge is -2.41. The number of nitrogens with zero attached hydrogens (tertiary/aromatic N) is 1. The maximum Gasteiger partial charge on any atom is 0.249 e. The summed E-state index contributed by atoms with van der Waals surface area (Å²) in [4.78, 5) is 14.4. The lowest BCUT2D eigenvalue weighted by atomic mass is 9.89. The monoisotopic (exact) mass is 298 g/mol. The van der Waals surface area contributed by atoms with Gasteiger partial charge in [-0.05, 0) is 39.5 Å². The highest BCUT2D eigenvalue weighted by Gasteiger charge is 2.32. The number of amides is 1. The Morgan fingerprint density at radius 1 is 1.29 bits per heavy atom. The summed E-state index contributed by atoms with van der Waals surface area (Å²) in [6, 6.07) is 0.579. The highest BCUT2D eigenvalue weighted by molar-refractivity contribution is 5.80. The van der Waals surface area contributed by atoms with Crippen LogP contribution in [0.5, 0.6) is 0 Å².